The van der Waals surface area contributed by atoms with Gasteiger partial charge in [0.25, 0.3) is 0 Å². The molecule has 0 spiro atoms. The second-order valence-electron chi connectivity index (χ2n) is 13.2. The van der Waals surface area contributed by atoms with Crippen molar-refractivity contribution in [3.8, 4) is 33.4 Å². The van der Waals surface area contributed by atoms with Crippen LogP contribution in [0.4, 0.5) is 17.1 Å². The maximum atomic E-state index is 4.78. The summed E-state index contributed by atoms with van der Waals surface area (Å²) in [4.78, 5) is 7.15. The van der Waals surface area contributed by atoms with Crippen LogP contribution in [-0.4, -0.2) is 4.98 Å². The maximum absolute atomic E-state index is 4.78. The number of fused-ring (bicyclic) bond motifs is 2. The van der Waals surface area contributed by atoms with E-state index in [-0.39, 0.29) is 0 Å². The summed E-state index contributed by atoms with van der Waals surface area (Å²) in [5.74, 6) is 0. The Balaban J connectivity index is 1.13. The van der Waals surface area contributed by atoms with Crippen LogP contribution in [0.3, 0.4) is 0 Å². The summed E-state index contributed by atoms with van der Waals surface area (Å²) in [6.45, 7) is 0. The van der Waals surface area contributed by atoms with Crippen LogP contribution in [-0.2, 0) is 0 Å². The van der Waals surface area contributed by atoms with Crippen molar-refractivity contribution in [2.75, 3.05) is 4.90 Å². The Labute approximate surface area is 296 Å². The molecular weight excluding hydrogens is 617 g/mol. The van der Waals surface area contributed by atoms with Crippen molar-refractivity contribution in [3.63, 3.8) is 0 Å². The minimum absolute atomic E-state index is 1.06. The molecule has 0 aliphatic heterocycles. The Bertz CT molecular complexity index is 2770. The zero-order valence-corrected chi connectivity index (χ0v) is 27.9. The van der Waals surface area contributed by atoms with Gasteiger partial charge in [0.15, 0.2) is 0 Å². The van der Waals surface area contributed by atoms with Gasteiger partial charge in [-0.15, -0.1) is 0 Å². The quantitative estimate of drug-likeness (QED) is 0.132. The van der Waals surface area contributed by atoms with E-state index >= 15 is 0 Å². The van der Waals surface area contributed by atoms with Gasteiger partial charge in [0.2, 0.25) is 0 Å². The summed E-state index contributed by atoms with van der Waals surface area (Å²) < 4.78 is 0. The molecule has 2 heteroatoms. The molecule has 10 aromatic rings. The zero-order valence-electron chi connectivity index (χ0n) is 27.9. The first-order chi connectivity index (χ1) is 25.3. The molecule has 1 heterocycles. The highest BCUT2D eigenvalue weighted by molar-refractivity contribution is 6.30. The van der Waals surface area contributed by atoms with Gasteiger partial charge in [0, 0.05) is 34.0 Å². The Kier molecular flexibility index (Phi) is 6.85. The average molecular weight is 649 g/mol. The molecule has 0 radical (unpaired) electrons. The summed E-state index contributed by atoms with van der Waals surface area (Å²) >= 11 is 0. The molecule has 0 aliphatic rings. The van der Waals surface area contributed by atoms with Crippen LogP contribution in [0.15, 0.2) is 194 Å². The van der Waals surface area contributed by atoms with Crippen LogP contribution in [0.1, 0.15) is 0 Å². The summed E-state index contributed by atoms with van der Waals surface area (Å²) in [5.41, 5.74) is 11.5. The van der Waals surface area contributed by atoms with E-state index in [4.69, 9.17) is 4.98 Å². The largest absolute Gasteiger partial charge is 0.310 e. The zero-order chi connectivity index (χ0) is 33.7. The monoisotopic (exact) mass is 648 g/mol. The van der Waals surface area contributed by atoms with Crippen molar-refractivity contribution >= 4 is 60.3 Å². The molecule has 9 aromatic carbocycles. The lowest BCUT2D eigenvalue weighted by Gasteiger charge is -2.27. The first-order valence-electron chi connectivity index (χ1n) is 17.5. The Hall–Kier alpha value is -6.77. The number of aromatic nitrogens is 1. The molecule has 0 bridgehead atoms. The molecule has 0 amide bonds. The van der Waals surface area contributed by atoms with E-state index in [0.29, 0.717) is 0 Å². The van der Waals surface area contributed by atoms with Gasteiger partial charge in [-0.1, -0.05) is 133 Å². The van der Waals surface area contributed by atoms with Crippen molar-refractivity contribution in [2.24, 2.45) is 0 Å². The predicted octanol–water partition coefficient (Wildman–Crippen LogP) is 13.6. The highest BCUT2D eigenvalue weighted by Crippen LogP contribution is 2.43. The third-order valence-electron chi connectivity index (χ3n) is 10.2. The lowest BCUT2D eigenvalue weighted by molar-refractivity contribution is 1.28. The van der Waals surface area contributed by atoms with Gasteiger partial charge in [-0.25, -0.2) is 0 Å². The molecule has 0 aliphatic carbocycles. The van der Waals surface area contributed by atoms with Crippen molar-refractivity contribution in [3.05, 3.63) is 194 Å². The first kappa shape index (κ1) is 29.2. The number of hydrogen-bond acceptors (Lipinski definition) is 2. The van der Waals surface area contributed by atoms with Crippen molar-refractivity contribution in [1.29, 1.82) is 0 Å². The molecule has 0 N–H and O–H groups in total. The first-order valence-corrected chi connectivity index (χ1v) is 17.5. The third kappa shape index (κ3) is 5.00. The fourth-order valence-electron chi connectivity index (χ4n) is 7.82. The van der Waals surface area contributed by atoms with E-state index < -0.39 is 0 Å². The van der Waals surface area contributed by atoms with E-state index in [9.17, 15) is 0 Å². The Morgan fingerprint density at radius 2 is 0.922 bits per heavy atom. The fraction of sp³-hybridized carbons (Fsp3) is 0. The number of anilines is 3. The molecule has 2 nitrogen and oxygen atoms in total. The predicted molar refractivity (Wildman–Crippen MR) is 216 cm³/mol. The van der Waals surface area contributed by atoms with E-state index in [0.717, 1.165) is 22.6 Å². The normalized spacial score (nSPS) is 11.5. The average Bonchev–Trinajstić information content (AvgIpc) is 3.21. The fourth-order valence-corrected chi connectivity index (χ4v) is 7.82. The van der Waals surface area contributed by atoms with Crippen LogP contribution < -0.4 is 4.90 Å². The summed E-state index contributed by atoms with van der Waals surface area (Å²) in [6.07, 6.45) is 1.89. The highest BCUT2D eigenvalue weighted by atomic mass is 15.1. The van der Waals surface area contributed by atoms with E-state index in [1.807, 2.05) is 12.3 Å². The Morgan fingerprint density at radius 1 is 0.333 bits per heavy atom. The third-order valence-corrected chi connectivity index (χ3v) is 10.2. The molecule has 0 atom stereocenters. The molecule has 1 aromatic heterocycles. The molecule has 0 unspecified atom stereocenters. The minimum atomic E-state index is 1.06. The van der Waals surface area contributed by atoms with E-state index in [2.05, 4.69) is 187 Å². The van der Waals surface area contributed by atoms with Gasteiger partial charge >= 0.3 is 0 Å². The molecule has 51 heavy (non-hydrogen) atoms. The lowest BCUT2D eigenvalue weighted by atomic mass is 9.89. The Morgan fingerprint density at radius 3 is 1.63 bits per heavy atom. The molecular formula is C49H32N2. The van der Waals surface area contributed by atoms with Crippen LogP contribution in [0, 0.1) is 0 Å². The number of rotatable bonds is 6. The van der Waals surface area contributed by atoms with Gasteiger partial charge in [-0.05, 0) is 115 Å². The lowest BCUT2D eigenvalue weighted by Crippen LogP contribution is -2.10. The van der Waals surface area contributed by atoms with Gasteiger partial charge in [-0.3, -0.25) is 4.98 Å². The van der Waals surface area contributed by atoms with Crippen LogP contribution in [0.5, 0.6) is 0 Å². The second kappa shape index (κ2) is 12.0. The number of benzene rings is 9. The van der Waals surface area contributed by atoms with Gasteiger partial charge in [0.1, 0.15) is 0 Å². The van der Waals surface area contributed by atoms with Crippen molar-refractivity contribution < 1.29 is 0 Å². The van der Waals surface area contributed by atoms with E-state index in [1.165, 1.54) is 71.1 Å². The maximum Gasteiger partial charge on any atom is 0.0780 e. The van der Waals surface area contributed by atoms with Crippen molar-refractivity contribution in [2.45, 2.75) is 0 Å². The summed E-state index contributed by atoms with van der Waals surface area (Å²) in [7, 11) is 0. The molecule has 0 saturated heterocycles. The smallest absolute Gasteiger partial charge is 0.0780 e. The SMILES string of the molecule is c1ccc(-c2cc(-c3ccccc3)cc(N(c3ccccc3)c3ccc(-c4ccc5ccc6cc7cccnc7c7ccc4c5c67)cc3)c2)cc1. The van der Waals surface area contributed by atoms with Crippen molar-refractivity contribution in [1.82, 2.24) is 4.98 Å². The second-order valence-corrected chi connectivity index (χ2v) is 13.2. The van der Waals surface area contributed by atoms with Gasteiger partial charge < -0.3 is 4.90 Å². The van der Waals surface area contributed by atoms with Gasteiger partial charge in [0.05, 0.1) is 5.52 Å². The number of para-hydroxylation sites is 1. The minimum Gasteiger partial charge on any atom is -0.310 e. The van der Waals surface area contributed by atoms with E-state index in [1.54, 1.807) is 0 Å². The molecule has 0 saturated carbocycles. The van der Waals surface area contributed by atoms with Crippen LogP contribution in [0.2, 0.25) is 0 Å². The number of pyridine rings is 1. The summed E-state index contributed by atoms with van der Waals surface area (Å²) in [6, 6.07) is 68.0. The molecule has 10 rings (SSSR count). The summed E-state index contributed by atoms with van der Waals surface area (Å²) in [5, 5.41) is 8.74. The van der Waals surface area contributed by atoms with Crippen LogP contribution >= 0.6 is 0 Å². The molecule has 0 fully saturated rings. The van der Waals surface area contributed by atoms with Gasteiger partial charge in [-0.2, -0.15) is 0 Å². The van der Waals surface area contributed by atoms with Crippen LogP contribution in [0.25, 0.3) is 76.6 Å². The number of hydrogen-bond donors (Lipinski definition) is 0. The highest BCUT2D eigenvalue weighted by Gasteiger charge is 2.18. The molecule has 238 valence electrons. The standard InChI is InChI=1S/C49H32N2/c1-4-11-33(12-5-1)39-30-40(34-13-6-2-7-14-34)32-43(31-39)51(41-16-8-3-9-17-41)42-23-20-35(21-24-42)44-25-22-36-18-19-37-29-38-15-10-28-50-49(38)46-27-26-45(44)47(36)48(37)46/h1-32H. The topological polar surface area (TPSA) is 16.1 Å². The number of nitrogens with zero attached hydrogens (tertiary/aromatic N) is 2.